The van der Waals surface area contributed by atoms with Crippen LogP contribution in [0.15, 0.2) is 89.3 Å². The Bertz CT molecular complexity index is 3030. The molecular weight excluding hydrogens is 1170 g/mol. The predicted molar refractivity (Wildman–Crippen MR) is 279 cm³/mol. The molecule has 9 rings (SSSR count). The molecule has 2 unspecified atom stereocenters. The quantitative estimate of drug-likeness (QED) is 0.0910. The minimum absolute atomic E-state index is 0.134. The zero-order chi connectivity index (χ0) is 54.6. The standard InChI is InChI=1S/3C14H14ClFN4O3S2/c3*1-20-12(13(21)18-8-2-3-10(16)9(15)6-8)7-11(19-25(20,22)23)14-17-4-5-24-14/h3*2-6,11-12,19H,7H2,1H3,(H,18,21)/t2*11-,12+;/m10./s1. The van der Waals surface area contributed by atoms with Crippen molar-refractivity contribution in [1.82, 2.24) is 42.0 Å². The van der Waals surface area contributed by atoms with Crippen molar-refractivity contribution < 1.29 is 52.8 Å². The number of carbonyl (C=O) groups is 3. The third-order valence-electron chi connectivity index (χ3n) is 11.4. The molecule has 6 N–H and O–H groups in total. The molecule has 75 heavy (non-hydrogen) atoms. The van der Waals surface area contributed by atoms with Gasteiger partial charge in [-0.3, -0.25) is 14.4 Å². The number of benzene rings is 3. The van der Waals surface area contributed by atoms with E-state index in [0.717, 1.165) is 31.1 Å². The summed E-state index contributed by atoms with van der Waals surface area (Å²) < 4.78 is 124. The largest absolute Gasteiger partial charge is 0.325 e. The van der Waals surface area contributed by atoms with Crippen LogP contribution in [0.5, 0.6) is 0 Å². The van der Waals surface area contributed by atoms with Crippen molar-refractivity contribution >= 4 is 134 Å². The zero-order valence-electron chi connectivity index (χ0n) is 38.8. The Morgan fingerprint density at radius 3 is 0.973 bits per heavy atom. The van der Waals surface area contributed by atoms with E-state index < -0.39 is 102 Å². The summed E-state index contributed by atoms with van der Waals surface area (Å²) in [5.41, 5.74) is 0.851. The normalized spacial score (nSPS) is 23.3. The van der Waals surface area contributed by atoms with Gasteiger partial charge in [-0.15, -0.1) is 34.0 Å². The molecule has 0 aliphatic carbocycles. The Morgan fingerprint density at radius 1 is 0.507 bits per heavy atom. The SMILES string of the molecule is CN1C(C(=O)Nc2ccc(F)c(Cl)c2)CC(c2nccs2)NS1(=O)=O.CN1[C@@H](C(=O)Nc2ccc(F)c(Cl)c2)C[C@@H](c2nccs2)NS1(=O)=O.CN1[C@H](C(=O)Nc2ccc(F)c(Cl)c2)C[C@H](c2nccs2)NS1(=O)=O. The van der Waals surface area contributed by atoms with Crippen LogP contribution in [0.3, 0.4) is 0 Å². The second kappa shape index (κ2) is 24.3. The van der Waals surface area contributed by atoms with Gasteiger partial charge in [-0.05, 0) is 73.9 Å². The summed E-state index contributed by atoms with van der Waals surface area (Å²) in [4.78, 5) is 50.1. The first-order valence-electron chi connectivity index (χ1n) is 21.5. The Kier molecular flexibility index (Phi) is 18.7. The van der Waals surface area contributed by atoms with Crippen LogP contribution < -0.4 is 30.1 Å². The van der Waals surface area contributed by atoms with Crippen LogP contribution in [0.2, 0.25) is 15.1 Å². The summed E-state index contributed by atoms with van der Waals surface area (Å²) in [6.45, 7) is 0. The number of aromatic nitrogens is 3. The van der Waals surface area contributed by atoms with E-state index in [0.29, 0.717) is 15.0 Å². The van der Waals surface area contributed by atoms with Gasteiger partial charge in [0.25, 0.3) is 30.6 Å². The first-order chi connectivity index (χ1) is 35.3. The highest BCUT2D eigenvalue weighted by Gasteiger charge is 2.44. The van der Waals surface area contributed by atoms with E-state index in [1.165, 1.54) is 91.6 Å². The molecule has 3 aromatic carbocycles. The van der Waals surface area contributed by atoms with E-state index in [-0.39, 0.29) is 51.4 Å². The summed E-state index contributed by atoms with van der Waals surface area (Å²) in [6.07, 6.45) is 5.35. The highest BCUT2D eigenvalue weighted by molar-refractivity contribution is 7.87. The van der Waals surface area contributed by atoms with Gasteiger partial charge in [-0.2, -0.15) is 52.3 Å². The third-order valence-corrected chi connectivity index (χ3v) is 19.7. The highest BCUT2D eigenvalue weighted by atomic mass is 35.5. The molecule has 0 radical (unpaired) electrons. The van der Waals surface area contributed by atoms with E-state index in [9.17, 15) is 52.8 Å². The molecule has 6 atom stereocenters. The summed E-state index contributed by atoms with van der Waals surface area (Å²) in [7, 11) is -7.54. The second-order valence-electron chi connectivity index (χ2n) is 16.3. The minimum Gasteiger partial charge on any atom is -0.325 e. The van der Waals surface area contributed by atoms with E-state index in [1.54, 1.807) is 34.7 Å². The molecule has 0 spiro atoms. The number of thiazole rings is 3. The number of hydrogen-bond acceptors (Lipinski definition) is 15. The van der Waals surface area contributed by atoms with Crippen LogP contribution in [0, 0.1) is 17.5 Å². The second-order valence-corrected chi connectivity index (χ2v) is 25.6. The Labute approximate surface area is 455 Å². The number of likely N-dealkylation sites (N-methyl/N-ethyl adjacent to an activating group) is 3. The van der Waals surface area contributed by atoms with Crippen molar-refractivity contribution in [2.24, 2.45) is 0 Å². The number of halogens is 6. The maximum Gasteiger partial charge on any atom is 0.280 e. The van der Waals surface area contributed by atoms with Crippen molar-refractivity contribution in [2.45, 2.75) is 55.5 Å². The molecule has 6 aromatic rings. The molecule has 3 aliphatic rings. The van der Waals surface area contributed by atoms with Gasteiger partial charge in [0.1, 0.15) is 50.6 Å². The molecule has 0 saturated carbocycles. The molecule has 6 heterocycles. The van der Waals surface area contributed by atoms with Crippen LogP contribution >= 0.6 is 68.8 Å². The van der Waals surface area contributed by atoms with E-state index in [1.807, 2.05) is 0 Å². The first kappa shape index (κ1) is 57.9. The summed E-state index contributed by atoms with van der Waals surface area (Å²) in [5, 5.41) is 14.3. The van der Waals surface area contributed by atoms with Crippen LogP contribution in [-0.2, 0) is 45.0 Å². The molecule has 3 aliphatic heterocycles. The fraction of sp³-hybridized carbons (Fsp3) is 0.286. The van der Waals surface area contributed by atoms with Crippen molar-refractivity contribution in [2.75, 3.05) is 37.1 Å². The number of amides is 3. The zero-order valence-corrected chi connectivity index (χ0v) is 46.0. The Balaban J connectivity index is 0.000000164. The van der Waals surface area contributed by atoms with Crippen LogP contribution in [0.4, 0.5) is 30.2 Å². The minimum atomic E-state index is -3.83. The molecular formula is C42H42Cl3F3N12O9S6. The number of nitrogens with zero attached hydrogens (tertiary/aromatic N) is 6. The predicted octanol–water partition coefficient (Wildman–Crippen LogP) is 6.46. The topological polar surface area (TPSA) is 274 Å². The Morgan fingerprint density at radius 2 is 0.760 bits per heavy atom. The molecule has 21 nitrogen and oxygen atoms in total. The van der Waals surface area contributed by atoms with Crippen molar-refractivity contribution in [3.63, 3.8) is 0 Å². The third kappa shape index (κ3) is 14.2. The molecule has 3 saturated heterocycles. The van der Waals surface area contributed by atoms with Crippen molar-refractivity contribution in [3.8, 4) is 0 Å². The highest BCUT2D eigenvalue weighted by Crippen LogP contribution is 2.33. The van der Waals surface area contributed by atoms with Gasteiger partial charge in [-0.1, -0.05) is 34.8 Å². The number of anilines is 3. The number of nitrogens with one attached hydrogen (secondary N) is 6. The molecule has 3 amide bonds. The lowest BCUT2D eigenvalue weighted by molar-refractivity contribution is -0.120. The summed E-state index contributed by atoms with van der Waals surface area (Å²) in [6, 6.07) is 6.65. The van der Waals surface area contributed by atoms with Gasteiger partial charge < -0.3 is 16.0 Å². The van der Waals surface area contributed by atoms with Gasteiger partial charge in [0.05, 0.1) is 33.2 Å². The maximum absolute atomic E-state index is 13.2. The maximum atomic E-state index is 13.2. The fourth-order valence-corrected chi connectivity index (χ4v) is 14.1. The van der Waals surface area contributed by atoms with Crippen LogP contribution in [-0.4, -0.2) is 110 Å². The monoisotopic (exact) mass is 1210 g/mol. The van der Waals surface area contributed by atoms with Crippen molar-refractivity contribution in [3.05, 3.63) is 137 Å². The van der Waals surface area contributed by atoms with Crippen LogP contribution in [0.1, 0.15) is 52.4 Å². The van der Waals surface area contributed by atoms with Gasteiger partial charge in [-0.25, -0.2) is 28.1 Å². The number of hydrogen-bond donors (Lipinski definition) is 6. The molecule has 402 valence electrons. The van der Waals surface area contributed by atoms with E-state index in [4.69, 9.17) is 34.8 Å². The fourth-order valence-electron chi connectivity index (χ4n) is 7.44. The average molecular weight is 1210 g/mol. The molecule has 0 bridgehead atoms. The smallest absolute Gasteiger partial charge is 0.280 e. The van der Waals surface area contributed by atoms with Gasteiger partial charge >= 0.3 is 0 Å². The van der Waals surface area contributed by atoms with Gasteiger partial charge in [0.15, 0.2) is 0 Å². The number of rotatable bonds is 9. The van der Waals surface area contributed by atoms with Crippen molar-refractivity contribution in [1.29, 1.82) is 0 Å². The lowest BCUT2D eigenvalue weighted by atomic mass is 10.1. The van der Waals surface area contributed by atoms with Gasteiger partial charge in [0, 0.05) is 72.9 Å². The first-order valence-corrected chi connectivity index (χ1v) is 29.6. The summed E-state index contributed by atoms with van der Waals surface area (Å²) in [5.74, 6) is -3.41. The van der Waals surface area contributed by atoms with E-state index in [2.05, 4.69) is 45.1 Å². The number of carbonyl (C=O) groups excluding carboxylic acids is 3. The molecule has 3 fully saturated rings. The molecule has 33 heteroatoms. The van der Waals surface area contributed by atoms with Gasteiger partial charge in [0.2, 0.25) is 17.7 Å². The van der Waals surface area contributed by atoms with Crippen LogP contribution in [0.25, 0.3) is 0 Å². The Hall–Kier alpha value is -4.77. The lowest BCUT2D eigenvalue weighted by Crippen LogP contribution is -2.55. The van der Waals surface area contributed by atoms with E-state index >= 15 is 0 Å². The molecule has 3 aromatic heterocycles. The lowest BCUT2D eigenvalue weighted by Gasteiger charge is -2.35. The average Bonchev–Trinajstić information content (AvgIpc) is 4.19. The summed E-state index contributed by atoms with van der Waals surface area (Å²) >= 11 is 21.0.